The molecule has 0 aliphatic carbocycles. The van der Waals surface area contributed by atoms with Crippen LogP contribution in [0, 0.1) is 0 Å². The monoisotopic (exact) mass is 301 g/mol. The van der Waals surface area contributed by atoms with E-state index in [0.717, 1.165) is 57.7 Å². The summed E-state index contributed by atoms with van der Waals surface area (Å²) < 4.78 is 0. The molecule has 1 saturated heterocycles. The van der Waals surface area contributed by atoms with Crippen LogP contribution >= 0.6 is 0 Å². The third-order valence-corrected chi connectivity index (χ3v) is 5.08. The van der Waals surface area contributed by atoms with Crippen LogP contribution in [-0.4, -0.2) is 60.9 Å². The van der Waals surface area contributed by atoms with Gasteiger partial charge in [-0.3, -0.25) is 9.69 Å². The summed E-state index contributed by atoms with van der Waals surface area (Å²) in [5, 5.41) is 3.36. The number of ketones is 1. The highest BCUT2D eigenvalue weighted by Crippen LogP contribution is 2.24. The fourth-order valence-corrected chi connectivity index (χ4v) is 3.65. The maximum Gasteiger partial charge on any atom is 0.179 e. The molecule has 1 aromatic carbocycles. The summed E-state index contributed by atoms with van der Waals surface area (Å²) in [5.41, 5.74) is 3.37. The van der Waals surface area contributed by atoms with Crippen molar-refractivity contribution in [3.8, 4) is 0 Å². The second-order valence-corrected chi connectivity index (χ2v) is 6.31. The second-order valence-electron chi connectivity index (χ2n) is 6.31. The molecule has 120 valence electrons. The van der Waals surface area contributed by atoms with E-state index in [1.165, 1.54) is 11.3 Å². The summed E-state index contributed by atoms with van der Waals surface area (Å²) in [6, 6.07) is 6.19. The summed E-state index contributed by atoms with van der Waals surface area (Å²) in [4.78, 5) is 17.8. The minimum atomic E-state index is 0.0337. The minimum absolute atomic E-state index is 0.0337. The minimum Gasteiger partial charge on any atom is -0.384 e. The molecule has 0 spiro atoms. The molecule has 4 heteroatoms. The summed E-state index contributed by atoms with van der Waals surface area (Å²) in [6.45, 7) is 10.6. The lowest BCUT2D eigenvalue weighted by molar-refractivity contribution is 0.0667. The van der Waals surface area contributed by atoms with E-state index in [1.807, 2.05) is 6.07 Å². The zero-order valence-corrected chi connectivity index (χ0v) is 13.8. The van der Waals surface area contributed by atoms with E-state index >= 15 is 0 Å². The molecule has 2 heterocycles. The number of nitrogens with one attached hydrogen (secondary N) is 1. The van der Waals surface area contributed by atoms with Gasteiger partial charge in [0, 0.05) is 44.0 Å². The van der Waals surface area contributed by atoms with Gasteiger partial charge >= 0.3 is 0 Å². The van der Waals surface area contributed by atoms with Gasteiger partial charge in [-0.25, -0.2) is 0 Å². The lowest BCUT2D eigenvalue weighted by Crippen LogP contribution is -2.52. The van der Waals surface area contributed by atoms with Crippen LogP contribution in [0.5, 0.6) is 0 Å². The van der Waals surface area contributed by atoms with Gasteiger partial charge in [0.25, 0.3) is 0 Å². The van der Waals surface area contributed by atoms with Crippen LogP contribution in [0.1, 0.15) is 36.2 Å². The van der Waals surface area contributed by atoms with Crippen LogP contribution in [0.25, 0.3) is 0 Å². The van der Waals surface area contributed by atoms with Gasteiger partial charge in [0.15, 0.2) is 5.78 Å². The number of likely N-dealkylation sites (N-methyl/N-ethyl adjacent to an activating group) is 1. The number of rotatable bonds is 5. The molecule has 0 radical (unpaired) electrons. The van der Waals surface area contributed by atoms with E-state index < -0.39 is 0 Å². The predicted octanol–water partition coefficient (Wildman–Crippen LogP) is 2.25. The molecule has 22 heavy (non-hydrogen) atoms. The average Bonchev–Trinajstić information content (AvgIpc) is 3.03. The SMILES string of the molecule is CCC(C(=O)c1ccc2c(c1)CCN2)N1CCN(CC)CC1. The van der Waals surface area contributed by atoms with Crippen LogP contribution in [-0.2, 0) is 6.42 Å². The Balaban J connectivity index is 1.72. The normalized spacial score (nSPS) is 20.5. The molecule has 1 atom stereocenters. The van der Waals surface area contributed by atoms with Gasteiger partial charge in [-0.05, 0) is 43.1 Å². The van der Waals surface area contributed by atoms with Crippen LogP contribution in [0.3, 0.4) is 0 Å². The first-order valence-corrected chi connectivity index (χ1v) is 8.60. The topological polar surface area (TPSA) is 35.6 Å². The van der Waals surface area contributed by atoms with Gasteiger partial charge in [0.1, 0.15) is 0 Å². The van der Waals surface area contributed by atoms with Crippen LogP contribution < -0.4 is 5.32 Å². The molecule has 4 nitrogen and oxygen atoms in total. The number of fused-ring (bicyclic) bond motifs is 1. The third-order valence-electron chi connectivity index (χ3n) is 5.08. The van der Waals surface area contributed by atoms with Gasteiger partial charge in [0.2, 0.25) is 0 Å². The highest BCUT2D eigenvalue weighted by molar-refractivity contribution is 6.00. The Labute approximate surface area is 133 Å². The summed E-state index contributed by atoms with van der Waals surface area (Å²) in [6.07, 6.45) is 1.92. The van der Waals surface area contributed by atoms with Crippen LogP contribution in [0.15, 0.2) is 18.2 Å². The number of carbonyl (C=O) groups excluding carboxylic acids is 1. The van der Waals surface area contributed by atoms with Crippen molar-refractivity contribution in [2.75, 3.05) is 44.6 Å². The number of piperazine rings is 1. The number of benzene rings is 1. The smallest absolute Gasteiger partial charge is 0.179 e. The lowest BCUT2D eigenvalue weighted by Gasteiger charge is -2.38. The molecule has 2 aliphatic rings. The van der Waals surface area contributed by atoms with Crippen molar-refractivity contribution in [3.63, 3.8) is 0 Å². The lowest BCUT2D eigenvalue weighted by atomic mass is 9.97. The second kappa shape index (κ2) is 6.80. The summed E-state index contributed by atoms with van der Waals surface area (Å²) in [7, 11) is 0. The average molecular weight is 301 g/mol. The highest BCUT2D eigenvalue weighted by Gasteiger charge is 2.28. The molecule has 1 unspecified atom stereocenters. The Morgan fingerprint density at radius 1 is 1.23 bits per heavy atom. The van der Waals surface area contributed by atoms with E-state index in [4.69, 9.17) is 0 Å². The summed E-state index contributed by atoms with van der Waals surface area (Å²) >= 11 is 0. The molecule has 1 N–H and O–H groups in total. The van der Waals surface area contributed by atoms with Crippen molar-refractivity contribution in [3.05, 3.63) is 29.3 Å². The number of hydrogen-bond acceptors (Lipinski definition) is 4. The van der Waals surface area contributed by atoms with Crippen LogP contribution in [0.2, 0.25) is 0 Å². The Morgan fingerprint density at radius 2 is 2.00 bits per heavy atom. The van der Waals surface area contributed by atoms with E-state index in [9.17, 15) is 4.79 Å². The van der Waals surface area contributed by atoms with Gasteiger partial charge in [0.05, 0.1) is 6.04 Å². The number of Topliss-reactive ketones (excluding diaryl/α,β-unsaturated/α-hetero) is 1. The Kier molecular flexibility index (Phi) is 4.79. The van der Waals surface area contributed by atoms with E-state index in [0.29, 0.717) is 5.78 Å². The third kappa shape index (κ3) is 3.03. The number of nitrogens with zero attached hydrogens (tertiary/aromatic N) is 2. The van der Waals surface area contributed by atoms with Crippen molar-refractivity contribution in [1.29, 1.82) is 0 Å². The largest absolute Gasteiger partial charge is 0.384 e. The first kappa shape index (κ1) is 15.5. The standard InChI is InChI=1S/C18H27N3O/c1-3-17(21-11-9-20(4-2)10-12-21)18(22)15-5-6-16-14(13-15)7-8-19-16/h5-6,13,17,19H,3-4,7-12H2,1-2H3. The molecule has 2 aliphatic heterocycles. The Hall–Kier alpha value is -1.39. The molecule has 0 amide bonds. The first-order valence-electron chi connectivity index (χ1n) is 8.60. The molecular formula is C18H27N3O. The Bertz CT molecular complexity index is 535. The zero-order valence-electron chi connectivity index (χ0n) is 13.8. The maximum atomic E-state index is 13.0. The molecule has 3 rings (SSSR count). The molecular weight excluding hydrogens is 274 g/mol. The van der Waals surface area contributed by atoms with Gasteiger partial charge in [-0.15, -0.1) is 0 Å². The Morgan fingerprint density at radius 3 is 2.68 bits per heavy atom. The first-order chi connectivity index (χ1) is 10.7. The van der Waals surface area contributed by atoms with Crippen molar-refractivity contribution >= 4 is 11.5 Å². The van der Waals surface area contributed by atoms with E-state index in [2.05, 4.69) is 41.1 Å². The van der Waals surface area contributed by atoms with Crippen molar-refractivity contribution in [1.82, 2.24) is 9.80 Å². The van der Waals surface area contributed by atoms with E-state index in [-0.39, 0.29) is 6.04 Å². The van der Waals surface area contributed by atoms with Gasteiger partial charge in [-0.2, -0.15) is 0 Å². The van der Waals surface area contributed by atoms with E-state index in [1.54, 1.807) is 0 Å². The molecule has 0 aromatic heterocycles. The van der Waals surface area contributed by atoms with Crippen molar-refractivity contribution in [2.24, 2.45) is 0 Å². The quantitative estimate of drug-likeness (QED) is 0.846. The molecule has 0 saturated carbocycles. The van der Waals surface area contributed by atoms with Crippen LogP contribution in [0.4, 0.5) is 5.69 Å². The maximum absolute atomic E-state index is 13.0. The van der Waals surface area contributed by atoms with Gasteiger partial charge < -0.3 is 10.2 Å². The number of carbonyl (C=O) groups is 1. The number of hydrogen-bond donors (Lipinski definition) is 1. The molecule has 1 fully saturated rings. The summed E-state index contributed by atoms with van der Waals surface area (Å²) in [5.74, 6) is 0.294. The van der Waals surface area contributed by atoms with Crippen molar-refractivity contribution < 1.29 is 4.79 Å². The van der Waals surface area contributed by atoms with Gasteiger partial charge in [-0.1, -0.05) is 13.8 Å². The van der Waals surface area contributed by atoms with Crippen molar-refractivity contribution in [2.45, 2.75) is 32.7 Å². The fraction of sp³-hybridized carbons (Fsp3) is 0.611. The fourth-order valence-electron chi connectivity index (χ4n) is 3.65. The zero-order chi connectivity index (χ0) is 15.5. The molecule has 1 aromatic rings. The predicted molar refractivity (Wildman–Crippen MR) is 90.7 cm³/mol. The highest BCUT2D eigenvalue weighted by atomic mass is 16.1. The molecule has 0 bridgehead atoms. The number of anilines is 1.